The zero-order chi connectivity index (χ0) is 22.6. The average Bonchev–Trinajstić information content (AvgIpc) is 3.07. The Kier molecular flexibility index (Phi) is 7.30. The Hall–Kier alpha value is -2.48. The van der Waals surface area contributed by atoms with E-state index in [-0.39, 0.29) is 24.8 Å². The Balaban J connectivity index is 1.90. The Morgan fingerprint density at radius 3 is 2.61 bits per heavy atom. The molecule has 0 bridgehead atoms. The number of aliphatic hydroxyl groups excluding tert-OH is 1. The van der Waals surface area contributed by atoms with E-state index in [1.807, 2.05) is 20.8 Å². The highest BCUT2D eigenvalue weighted by Gasteiger charge is 2.34. The third kappa shape index (κ3) is 5.61. The molecular weight excluding hydrogens is 399 g/mol. The van der Waals surface area contributed by atoms with E-state index < -0.39 is 23.2 Å². The first-order valence-electron chi connectivity index (χ1n) is 11.1. The van der Waals surface area contributed by atoms with E-state index in [4.69, 9.17) is 5.11 Å². The van der Waals surface area contributed by atoms with Crippen LogP contribution in [0.1, 0.15) is 63.4 Å². The molecule has 1 saturated carbocycles. The number of carbonyl (C=O) groups is 2. The number of aromatic nitrogens is 2. The number of fused-ring (bicyclic) bond motifs is 1. The molecule has 2 amide bonds. The van der Waals surface area contributed by atoms with Crippen molar-refractivity contribution >= 4 is 22.7 Å². The zero-order valence-electron chi connectivity index (χ0n) is 18.6. The van der Waals surface area contributed by atoms with Crippen molar-refractivity contribution in [1.82, 2.24) is 20.4 Å². The molecule has 0 aliphatic heterocycles. The topological polar surface area (TPSA) is 96.2 Å². The Bertz CT molecular complexity index is 929. The van der Waals surface area contributed by atoms with Crippen LogP contribution in [0.3, 0.4) is 0 Å². The second-order valence-corrected chi connectivity index (χ2v) is 9.48. The van der Waals surface area contributed by atoms with E-state index in [0.29, 0.717) is 23.4 Å². The van der Waals surface area contributed by atoms with Crippen molar-refractivity contribution in [3.8, 4) is 0 Å². The van der Waals surface area contributed by atoms with Gasteiger partial charge in [-0.3, -0.25) is 14.3 Å². The van der Waals surface area contributed by atoms with Gasteiger partial charge < -0.3 is 15.7 Å². The second kappa shape index (κ2) is 9.77. The van der Waals surface area contributed by atoms with Gasteiger partial charge in [0, 0.05) is 18.5 Å². The molecule has 2 aromatic rings. The molecule has 170 valence electrons. The smallest absolute Gasteiger partial charge is 0.273 e. The van der Waals surface area contributed by atoms with Crippen molar-refractivity contribution in [2.75, 3.05) is 13.2 Å². The summed E-state index contributed by atoms with van der Waals surface area (Å²) in [6.07, 6.45) is 5.90. The van der Waals surface area contributed by atoms with Crippen molar-refractivity contribution in [3.05, 3.63) is 29.7 Å². The summed E-state index contributed by atoms with van der Waals surface area (Å²) in [6, 6.07) is 3.53. The fourth-order valence-electron chi connectivity index (χ4n) is 4.23. The monoisotopic (exact) mass is 432 g/mol. The van der Waals surface area contributed by atoms with E-state index in [1.54, 1.807) is 10.7 Å². The van der Waals surface area contributed by atoms with Gasteiger partial charge in [0.15, 0.2) is 5.69 Å². The minimum Gasteiger partial charge on any atom is -0.395 e. The van der Waals surface area contributed by atoms with Crippen LogP contribution in [-0.2, 0) is 11.3 Å². The normalized spacial score (nSPS) is 16.3. The molecule has 1 aromatic carbocycles. The highest BCUT2D eigenvalue weighted by molar-refractivity contribution is 6.06. The standard InChI is InChI=1S/C23H33FN4O3/c1-23(2,3)20(22(31)25-11-12-29)26-21(30)19-17-13-16(24)9-10-18(17)28(27-19)14-15-7-5-4-6-8-15/h9-10,13,15,20,29H,4-8,11-12,14H2,1-3H3,(H,25,31)(H,26,30)/t20-/m1/s1. The van der Waals surface area contributed by atoms with E-state index in [2.05, 4.69) is 15.7 Å². The Morgan fingerprint density at radius 2 is 1.97 bits per heavy atom. The van der Waals surface area contributed by atoms with Crippen LogP contribution in [-0.4, -0.2) is 45.9 Å². The largest absolute Gasteiger partial charge is 0.395 e. The van der Waals surface area contributed by atoms with Gasteiger partial charge in [0.25, 0.3) is 5.91 Å². The molecule has 7 nitrogen and oxygen atoms in total. The lowest BCUT2D eigenvalue weighted by molar-refractivity contribution is -0.125. The molecule has 0 saturated heterocycles. The molecule has 1 aromatic heterocycles. The highest BCUT2D eigenvalue weighted by atomic mass is 19.1. The fourth-order valence-corrected chi connectivity index (χ4v) is 4.23. The number of nitrogens with one attached hydrogen (secondary N) is 2. The molecule has 1 aliphatic rings. The van der Waals surface area contributed by atoms with Crippen LogP contribution in [0.5, 0.6) is 0 Å². The molecule has 3 rings (SSSR count). The summed E-state index contributed by atoms with van der Waals surface area (Å²) in [6.45, 7) is 6.13. The molecule has 1 fully saturated rings. The van der Waals surface area contributed by atoms with Crippen LogP contribution in [0, 0.1) is 17.2 Å². The van der Waals surface area contributed by atoms with Crippen LogP contribution >= 0.6 is 0 Å². The number of hydrogen-bond donors (Lipinski definition) is 3. The van der Waals surface area contributed by atoms with E-state index >= 15 is 0 Å². The van der Waals surface area contributed by atoms with Crippen molar-refractivity contribution in [2.24, 2.45) is 11.3 Å². The Labute approximate surface area is 182 Å². The minimum atomic E-state index is -0.835. The number of hydrogen-bond acceptors (Lipinski definition) is 4. The number of carbonyl (C=O) groups excluding carboxylic acids is 2. The van der Waals surface area contributed by atoms with Gasteiger partial charge in [0.1, 0.15) is 11.9 Å². The molecule has 1 aliphatic carbocycles. The van der Waals surface area contributed by atoms with E-state index in [0.717, 1.165) is 12.8 Å². The molecule has 0 unspecified atom stereocenters. The second-order valence-electron chi connectivity index (χ2n) is 9.48. The first-order valence-corrected chi connectivity index (χ1v) is 11.1. The maximum absolute atomic E-state index is 14.0. The van der Waals surface area contributed by atoms with Gasteiger partial charge >= 0.3 is 0 Å². The summed E-state index contributed by atoms with van der Waals surface area (Å²) in [5, 5.41) is 19.4. The van der Waals surface area contributed by atoms with Gasteiger partial charge in [0.05, 0.1) is 12.1 Å². The fraction of sp³-hybridized carbons (Fsp3) is 0.609. The van der Waals surface area contributed by atoms with Crippen molar-refractivity contribution in [2.45, 2.75) is 65.5 Å². The van der Waals surface area contributed by atoms with Gasteiger partial charge in [-0.25, -0.2) is 4.39 Å². The predicted molar refractivity (Wildman–Crippen MR) is 117 cm³/mol. The maximum Gasteiger partial charge on any atom is 0.273 e. The van der Waals surface area contributed by atoms with Crippen LogP contribution in [0.4, 0.5) is 4.39 Å². The number of aliphatic hydroxyl groups is 1. The molecule has 3 N–H and O–H groups in total. The number of halogens is 1. The first kappa shape index (κ1) is 23.2. The highest BCUT2D eigenvalue weighted by Crippen LogP contribution is 2.28. The lowest BCUT2D eigenvalue weighted by atomic mass is 9.86. The SMILES string of the molecule is CC(C)(C)[C@H](NC(=O)c1nn(CC2CCCCC2)c2ccc(F)cc12)C(=O)NCCO. The van der Waals surface area contributed by atoms with Crippen molar-refractivity contribution in [3.63, 3.8) is 0 Å². The van der Waals surface area contributed by atoms with Crippen molar-refractivity contribution in [1.29, 1.82) is 0 Å². The number of nitrogens with zero attached hydrogens (tertiary/aromatic N) is 2. The van der Waals surface area contributed by atoms with E-state index in [1.165, 1.54) is 31.4 Å². The number of rotatable bonds is 7. The molecule has 31 heavy (non-hydrogen) atoms. The molecule has 8 heteroatoms. The number of benzene rings is 1. The molecular formula is C23H33FN4O3. The quantitative estimate of drug-likeness (QED) is 0.627. The van der Waals surface area contributed by atoms with Crippen LogP contribution in [0.2, 0.25) is 0 Å². The van der Waals surface area contributed by atoms with Gasteiger partial charge in [-0.2, -0.15) is 5.10 Å². The summed E-state index contributed by atoms with van der Waals surface area (Å²) in [4.78, 5) is 25.8. The summed E-state index contributed by atoms with van der Waals surface area (Å²) in [7, 11) is 0. The summed E-state index contributed by atoms with van der Waals surface area (Å²) >= 11 is 0. The summed E-state index contributed by atoms with van der Waals surface area (Å²) < 4.78 is 15.8. The lowest BCUT2D eigenvalue weighted by Gasteiger charge is -2.30. The van der Waals surface area contributed by atoms with Gasteiger partial charge in [-0.05, 0) is 42.4 Å². The van der Waals surface area contributed by atoms with Gasteiger partial charge in [0.2, 0.25) is 5.91 Å². The minimum absolute atomic E-state index is 0.103. The zero-order valence-corrected chi connectivity index (χ0v) is 18.6. The first-order chi connectivity index (χ1) is 14.7. The Morgan fingerprint density at radius 1 is 1.26 bits per heavy atom. The third-order valence-electron chi connectivity index (χ3n) is 5.90. The van der Waals surface area contributed by atoms with Gasteiger partial charge in [-0.15, -0.1) is 0 Å². The predicted octanol–water partition coefficient (Wildman–Crippen LogP) is 3.01. The van der Waals surface area contributed by atoms with Crippen LogP contribution in [0.25, 0.3) is 10.9 Å². The maximum atomic E-state index is 14.0. The number of amides is 2. The van der Waals surface area contributed by atoms with Crippen LogP contribution in [0.15, 0.2) is 18.2 Å². The van der Waals surface area contributed by atoms with Gasteiger partial charge in [-0.1, -0.05) is 40.0 Å². The molecule has 1 atom stereocenters. The summed E-state index contributed by atoms with van der Waals surface area (Å²) in [5.74, 6) is -0.847. The molecule has 1 heterocycles. The van der Waals surface area contributed by atoms with E-state index in [9.17, 15) is 14.0 Å². The summed E-state index contributed by atoms with van der Waals surface area (Å²) in [5.41, 5.74) is 0.268. The lowest BCUT2D eigenvalue weighted by Crippen LogP contribution is -2.54. The third-order valence-corrected chi connectivity index (χ3v) is 5.90. The molecule has 0 spiro atoms. The van der Waals surface area contributed by atoms with Crippen molar-refractivity contribution < 1.29 is 19.1 Å². The molecule has 0 radical (unpaired) electrons. The van der Waals surface area contributed by atoms with Crippen LogP contribution < -0.4 is 10.6 Å². The average molecular weight is 433 g/mol.